The third-order valence-electron chi connectivity index (χ3n) is 2.91. The zero-order chi connectivity index (χ0) is 12.8. The lowest BCUT2D eigenvalue weighted by Crippen LogP contribution is -1.99. The number of unbranched alkanes of at least 4 members (excludes halogenated alkanes) is 1. The fourth-order valence-corrected chi connectivity index (χ4v) is 2.84. The molecule has 18 heavy (non-hydrogen) atoms. The third-order valence-corrected chi connectivity index (χ3v) is 4.02. The van der Waals surface area contributed by atoms with Crippen LogP contribution in [0.5, 0.6) is 0 Å². The molecule has 0 saturated carbocycles. The lowest BCUT2D eigenvalue weighted by Gasteiger charge is -1.99. The van der Waals surface area contributed by atoms with Gasteiger partial charge in [-0.1, -0.05) is 43.7 Å². The number of rotatable bonds is 6. The summed E-state index contributed by atoms with van der Waals surface area (Å²) in [7, 11) is 0. The molecule has 0 radical (unpaired) electrons. The molecular formula is C15H20N2S. The number of thiazole rings is 1. The number of hydrogen-bond donors (Lipinski definition) is 1. The van der Waals surface area contributed by atoms with Gasteiger partial charge in [0, 0.05) is 17.8 Å². The molecule has 0 atom stereocenters. The zero-order valence-corrected chi connectivity index (χ0v) is 11.9. The van der Waals surface area contributed by atoms with Crippen LogP contribution in [0, 0.1) is 6.92 Å². The Balaban J connectivity index is 2.01. The number of nitrogens with zero attached hydrogens (tertiary/aromatic N) is 1. The van der Waals surface area contributed by atoms with Crippen molar-refractivity contribution >= 4 is 16.5 Å². The maximum Gasteiger partial charge on any atom is 0.183 e. The number of aromatic nitrogens is 1. The molecular weight excluding hydrogens is 240 g/mol. The molecule has 2 aromatic rings. The van der Waals surface area contributed by atoms with Gasteiger partial charge in [-0.15, -0.1) is 11.3 Å². The highest BCUT2D eigenvalue weighted by atomic mass is 32.1. The number of benzene rings is 1. The molecule has 0 aliphatic carbocycles. The molecule has 1 N–H and O–H groups in total. The van der Waals surface area contributed by atoms with E-state index in [4.69, 9.17) is 0 Å². The first-order chi connectivity index (χ1) is 8.79. The van der Waals surface area contributed by atoms with Crippen LogP contribution in [0.4, 0.5) is 5.13 Å². The molecule has 0 unspecified atom stereocenters. The maximum atomic E-state index is 4.59. The minimum atomic E-state index is 0.986. The van der Waals surface area contributed by atoms with Gasteiger partial charge < -0.3 is 5.32 Å². The van der Waals surface area contributed by atoms with E-state index in [0.717, 1.165) is 23.8 Å². The van der Waals surface area contributed by atoms with Crippen molar-refractivity contribution in [1.29, 1.82) is 0 Å². The number of aryl methyl sites for hydroxylation is 1. The van der Waals surface area contributed by atoms with Crippen LogP contribution in [0.3, 0.4) is 0 Å². The molecule has 2 nitrogen and oxygen atoms in total. The van der Waals surface area contributed by atoms with Gasteiger partial charge in [-0.2, -0.15) is 0 Å². The van der Waals surface area contributed by atoms with Gasteiger partial charge in [-0.3, -0.25) is 0 Å². The molecule has 1 aromatic carbocycles. The molecule has 2 rings (SSSR count). The molecule has 0 aliphatic heterocycles. The van der Waals surface area contributed by atoms with Crippen molar-refractivity contribution in [3.05, 3.63) is 46.5 Å². The predicted octanol–water partition coefficient (Wildman–Crippen LogP) is 4.25. The molecule has 0 amide bonds. The Hall–Kier alpha value is -1.35. The molecule has 0 bridgehead atoms. The van der Waals surface area contributed by atoms with Gasteiger partial charge in [0.25, 0.3) is 0 Å². The van der Waals surface area contributed by atoms with Gasteiger partial charge in [-0.05, 0) is 18.9 Å². The summed E-state index contributed by atoms with van der Waals surface area (Å²) in [6, 6.07) is 10.6. The first kappa shape index (κ1) is 13.1. The lowest BCUT2D eigenvalue weighted by atomic mass is 10.1. The monoisotopic (exact) mass is 260 g/mol. The summed E-state index contributed by atoms with van der Waals surface area (Å²) in [5, 5.41) is 4.46. The van der Waals surface area contributed by atoms with E-state index in [1.165, 1.54) is 23.3 Å². The van der Waals surface area contributed by atoms with E-state index < -0.39 is 0 Å². The van der Waals surface area contributed by atoms with E-state index in [1.807, 2.05) is 0 Å². The second-order valence-electron chi connectivity index (χ2n) is 4.47. The minimum Gasteiger partial charge on any atom is -0.362 e. The molecule has 1 heterocycles. The highest BCUT2D eigenvalue weighted by Crippen LogP contribution is 2.25. The van der Waals surface area contributed by atoms with Crippen molar-refractivity contribution < 1.29 is 0 Å². The average Bonchev–Trinajstić information content (AvgIpc) is 2.72. The molecule has 1 aromatic heterocycles. The molecule has 0 spiro atoms. The Morgan fingerprint density at radius 2 is 2.00 bits per heavy atom. The van der Waals surface area contributed by atoms with E-state index >= 15 is 0 Å². The van der Waals surface area contributed by atoms with Gasteiger partial charge in [0.15, 0.2) is 5.13 Å². The fraction of sp³-hybridized carbons (Fsp3) is 0.400. The standard InChI is InChI=1S/C15H20N2S/c1-3-4-10-16-15-17-12(2)14(18-15)11-13-8-6-5-7-9-13/h5-9H,3-4,10-11H2,1-2H3,(H,16,17). The molecule has 0 aliphatic rings. The van der Waals surface area contributed by atoms with Crippen molar-refractivity contribution in [3.63, 3.8) is 0 Å². The Kier molecular flexibility index (Phi) is 4.76. The number of hydrogen-bond acceptors (Lipinski definition) is 3. The van der Waals surface area contributed by atoms with Gasteiger partial charge in [0.05, 0.1) is 5.69 Å². The number of nitrogens with one attached hydrogen (secondary N) is 1. The zero-order valence-electron chi connectivity index (χ0n) is 11.1. The second kappa shape index (κ2) is 6.55. The summed E-state index contributed by atoms with van der Waals surface area (Å²) in [4.78, 5) is 5.95. The van der Waals surface area contributed by atoms with Crippen LogP contribution in [-0.2, 0) is 6.42 Å². The maximum absolute atomic E-state index is 4.59. The smallest absolute Gasteiger partial charge is 0.183 e. The lowest BCUT2D eigenvalue weighted by molar-refractivity contribution is 0.833. The summed E-state index contributed by atoms with van der Waals surface area (Å²) >= 11 is 1.78. The summed E-state index contributed by atoms with van der Waals surface area (Å²) < 4.78 is 0. The minimum absolute atomic E-state index is 0.986. The first-order valence-electron chi connectivity index (χ1n) is 6.53. The Labute approximate surface area is 113 Å². The summed E-state index contributed by atoms with van der Waals surface area (Å²) in [5.74, 6) is 0. The normalized spacial score (nSPS) is 10.6. The fourth-order valence-electron chi connectivity index (χ4n) is 1.82. The van der Waals surface area contributed by atoms with Crippen LogP contribution in [0.2, 0.25) is 0 Å². The summed E-state index contributed by atoms with van der Waals surface area (Å²) in [6.07, 6.45) is 3.40. The molecule has 0 saturated heterocycles. The quantitative estimate of drug-likeness (QED) is 0.785. The Morgan fingerprint density at radius 3 is 2.72 bits per heavy atom. The Bertz CT molecular complexity index is 476. The van der Waals surface area contributed by atoms with Crippen molar-refractivity contribution in [3.8, 4) is 0 Å². The Morgan fingerprint density at radius 1 is 1.22 bits per heavy atom. The average molecular weight is 260 g/mol. The number of anilines is 1. The van der Waals surface area contributed by atoms with E-state index in [9.17, 15) is 0 Å². The van der Waals surface area contributed by atoms with E-state index in [-0.39, 0.29) is 0 Å². The van der Waals surface area contributed by atoms with Crippen LogP contribution >= 0.6 is 11.3 Å². The van der Waals surface area contributed by atoms with Crippen LogP contribution in [0.25, 0.3) is 0 Å². The van der Waals surface area contributed by atoms with Gasteiger partial charge in [-0.25, -0.2) is 4.98 Å². The third kappa shape index (κ3) is 3.57. The van der Waals surface area contributed by atoms with Gasteiger partial charge in [0.2, 0.25) is 0 Å². The molecule has 3 heteroatoms. The first-order valence-corrected chi connectivity index (χ1v) is 7.35. The van der Waals surface area contributed by atoms with Crippen LogP contribution < -0.4 is 5.32 Å². The van der Waals surface area contributed by atoms with Gasteiger partial charge >= 0.3 is 0 Å². The van der Waals surface area contributed by atoms with Crippen LogP contribution in [0.1, 0.15) is 35.9 Å². The summed E-state index contributed by atoms with van der Waals surface area (Å²) in [6.45, 7) is 5.32. The van der Waals surface area contributed by atoms with Crippen molar-refractivity contribution in [2.24, 2.45) is 0 Å². The van der Waals surface area contributed by atoms with E-state index in [1.54, 1.807) is 11.3 Å². The van der Waals surface area contributed by atoms with Crippen molar-refractivity contribution in [1.82, 2.24) is 4.98 Å². The molecule has 96 valence electrons. The molecule has 0 fully saturated rings. The van der Waals surface area contributed by atoms with E-state index in [2.05, 4.69) is 54.5 Å². The van der Waals surface area contributed by atoms with Crippen LogP contribution in [-0.4, -0.2) is 11.5 Å². The van der Waals surface area contributed by atoms with Gasteiger partial charge in [0.1, 0.15) is 0 Å². The van der Waals surface area contributed by atoms with Crippen molar-refractivity contribution in [2.75, 3.05) is 11.9 Å². The van der Waals surface area contributed by atoms with Crippen molar-refractivity contribution in [2.45, 2.75) is 33.1 Å². The second-order valence-corrected chi connectivity index (χ2v) is 5.55. The summed E-state index contributed by atoms with van der Waals surface area (Å²) in [5.41, 5.74) is 2.51. The highest BCUT2D eigenvalue weighted by Gasteiger charge is 2.07. The highest BCUT2D eigenvalue weighted by molar-refractivity contribution is 7.15. The predicted molar refractivity (Wildman–Crippen MR) is 79.5 cm³/mol. The topological polar surface area (TPSA) is 24.9 Å². The van der Waals surface area contributed by atoms with E-state index in [0.29, 0.717) is 0 Å². The largest absolute Gasteiger partial charge is 0.362 e. The van der Waals surface area contributed by atoms with Crippen LogP contribution in [0.15, 0.2) is 30.3 Å². The SMILES string of the molecule is CCCCNc1nc(C)c(Cc2ccccc2)s1.